The summed E-state index contributed by atoms with van der Waals surface area (Å²) in [5.41, 5.74) is 1.12. The van der Waals surface area contributed by atoms with Crippen LogP contribution in [-0.4, -0.2) is 29.3 Å². The highest BCUT2D eigenvalue weighted by Gasteiger charge is 2.20. The van der Waals surface area contributed by atoms with Gasteiger partial charge in [-0.1, -0.05) is 6.07 Å². The Morgan fingerprint density at radius 3 is 2.89 bits per heavy atom. The van der Waals surface area contributed by atoms with Crippen molar-refractivity contribution in [1.82, 2.24) is 5.32 Å². The van der Waals surface area contributed by atoms with Crippen LogP contribution in [0.2, 0.25) is 0 Å². The highest BCUT2D eigenvalue weighted by molar-refractivity contribution is 6.42. The van der Waals surface area contributed by atoms with Crippen LogP contribution in [-0.2, 0) is 4.79 Å². The number of hydrogen-bond donors (Lipinski definition) is 2. The van der Waals surface area contributed by atoms with E-state index < -0.39 is 4.92 Å². The lowest BCUT2D eigenvalue weighted by molar-refractivity contribution is -0.384. The fourth-order valence-electron chi connectivity index (χ4n) is 1.73. The van der Waals surface area contributed by atoms with Gasteiger partial charge in [0.25, 0.3) is 11.6 Å². The maximum absolute atomic E-state index is 11.9. The minimum absolute atomic E-state index is 0.0596. The molecule has 0 aromatic heterocycles. The van der Waals surface area contributed by atoms with Crippen molar-refractivity contribution in [3.63, 3.8) is 0 Å². The number of nitrogens with one attached hydrogen (secondary N) is 2. The van der Waals surface area contributed by atoms with Gasteiger partial charge in [-0.25, -0.2) is 0 Å². The molecular formula is C12H14N4O3. The number of rotatable bonds is 3. The van der Waals surface area contributed by atoms with Crippen molar-refractivity contribution in [2.45, 2.75) is 19.9 Å². The Morgan fingerprint density at radius 2 is 2.32 bits per heavy atom. The Morgan fingerprint density at radius 1 is 1.58 bits per heavy atom. The Balaban J connectivity index is 2.17. The zero-order valence-corrected chi connectivity index (χ0v) is 10.6. The summed E-state index contributed by atoms with van der Waals surface area (Å²) in [5.74, 6) is -0.119. The van der Waals surface area contributed by atoms with E-state index in [2.05, 4.69) is 15.6 Å². The summed E-state index contributed by atoms with van der Waals surface area (Å²) >= 11 is 0. The topological polar surface area (TPSA) is 96.6 Å². The van der Waals surface area contributed by atoms with Crippen molar-refractivity contribution in [3.8, 4) is 0 Å². The molecule has 2 N–H and O–H groups in total. The molecule has 1 aliphatic heterocycles. The van der Waals surface area contributed by atoms with Gasteiger partial charge in [0, 0.05) is 18.2 Å². The second-order valence-electron chi connectivity index (χ2n) is 4.45. The standard InChI is InChI=1S/C12H14N4O3/c1-7-3-4-9(16(18)19)5-10(7)15-12(17)11-13-6-8(2)14-11/h3-5,8H,6H2,1-2H3,(H,13,14)(H,15,17). The van der Waals surface area contributed by atoms with Gasteiger partial charge in [0.05, 0.1) is 17.2 Å². The zero-order valence-electron chi connectivity index (χ0n) is 10.6. The first kappa shape index (κ1) is 13.0. The fraction of sp³-hybridized carbons (Fsp3) is 0.333. The largest absolute Gasteiger partial charge is 0.361 e. The molecule has 7 nitrogen and oxygen atoms in total. The van der Waals surface area contributed by atoms with Crippen LogP contribution in [0.5, 0.6) is 0 Å². The number of nitrogens with zero attached hydrogens (tertiary/aromatic N) is 2. The van der Waals surface area contributed by atoms with Gasteiger partial charge in [0.1, 0.15) is 0 Å². The minimum Gasteiger partial charge on any atom is -0.361 e. The van der Waals surface area contributed by atoms with Crippen LogP contribution >= 0.6 is 0 Å². The molecule has 0 aliphatic carbocycles. The molecule has 1 atom stereocenters. The van der Waals surface area contributed by atoms with Gasteiger partial charge in [-0.05, 0) is 19.4 Å². The SMILES string of the molecule is Cc1ccc([N+](=O)[O-])cc1NC(=O)C1=NCC(C)N1. The molecule has 0 spiro atoms. The highest BCUT2D eigenvalue weighted by Crippen LogP contribution is 2.21. The quantitative estimate of drug-likeness (QED) is 0.632. The molecular weight excluding hydrogens is 248 g/mol. The Labute approximate surface area is 109 Å². The molecule has 0 saturated heterocycles. The van der Waals surface area contributed by atoms with Crippen LogP contribution in [0.1, 0.15) is 12.5 Å². The van der Waals surface area contributed by atoms with Crippen molar-refractivity contribution in [1.29, 1.82) is 0 Å². The molecule has 100 valence electrons. The van der Waals surface area contributed by atoms with E-state index in [4.69, 9.17) is 0 Å². The summed E-state index contributed by atoms with van der Waals surface area (Å²) in [7, 11) is 0. The lowest BCUT2D eigenvalue weighted by Gasteiger charge is -2.09. The summed E-state index contributed by atoms with van der Waals surface area (Å²) in [6, 6.07) is 4.47. The first-order valence-corrected chi connectivity index (χ1v) is 5.85. The Bertz CT molecular complexity index is 568. The van der Waals surface area contributed by atoms with E-state index in [0.29, 0.717) is 12.2 Å². The molecule has 0 saturated carbocycles. The monoisotopic (exact) mass is 262 g/mol. The molecule has 1 heterocycles. The number of carbonyl (C=O) groups excluding carboxylic acids is 1. The molecule has 1 amide bonds. The van der Waals surface area contributed by atoms with Gasteiger partial charge >= 0.3 is 0 Å². The number of amides is 1. The molecule has 1 aromatic rings. The highest BCUT2D eigenvalue weighted by atomic mass is 16.6. The van der Waals surface area contributed by atoms with Crippen LogP contribution in [0, 0.1) is 17.0 Å². The van der Waals surface area contributed by atoms with Crippen LogP contribution in [0.15, 0.2) is 23.2 Å². The van der Waals surface area contributed by atoms with Crippen LogP contribution in [0.4, 0.5) is 11.4 Å². The first-order valence-electron chi connectivity index (χ1n) is 5.85. The summed E-state index contributed by atoms with van der Waals surface area (Å²) in [4.78, 5) is 26.2. The number of carbonyl (C=O) groups is 1. The molecule has 0 bridgehead atoms. The summed E-state index contributed by atoms with van der Waals surface area (Å²) in [6.45, 7) is 4.24. The van der Waals surface area contributed by atoms with E-state index in [1.54, 1.807) is 13.0 Å². The lowest BCUT2D eigenvalue weighted by Crippen LogP contribution is -2.36. The van der Waals surface area contributed by atoms with Gasteiger partial charge < -0.3 is 10.6 Å². The van der Waals surface area contributed by atoms with Crippen LogP contribution < -0.4 is 10.6 Å². The van der Waals surface area contributed by atoms with Crippen molar-refractivity contribution in [3.05, 3.63) is 33.9 Å². The summed E-state index contributed by atoms with van der Waals surface area (Å²) < 4.78 is 0. The van der Waals surface area contributed by atoms with Gasteiger partial charge in [0.15, 0.2) is 5.84 Å². The fourth-order valence-corrected chi connectivity index (χ4v) is 1.73. The molecule has 0 radical (unpaired) electrons. The molecule has 1 aliphatic rings. The summed E-state index contributed by atoms with van der Waals surface area (Å²) in [5, 5.41) is 16.3. The van der Waals surface area contributed by atoms with E-state index in [9.17, 15) is 14.9 Å². The van der Waals surface area contributed by atoms with E-state index in [-0.39, 0.29) is 23.5 Å². The van der Waals surface area contributed by atoms with Crippen molar-refractivity contribution in [2.75, 3.05) is 11.9 Å². The van der Waals surface area contributed by atoms with Gasteiger partial charge in [-0.3, -0.25) is 19.9 Å². The average Bonchev–Trinajstić information content (AvgIpc) is 2.78. The molecule has 2 rings (SSSR count). The van der Waals surface area contributed by atoms with Gasteiger partial charge in [-0.2, -0.15) is 0 Å². The number of amidine groups is 1. The molecule has 19 heavy (non-hydrogen) atoms. The zero-order chi connectivity index (χ0) is 14.0. The molecule has 0 fully saturated rings. The van der Waals surface area contributed by atoms with E-state index >= 15 is 0 Å². The molecule has 1 unspecified atom stereocenters. The van der Waals surface area contributed by atoms with E-state index in [0.717, 1.165) is 5.56 Å². The number of nitro benzene ring substituents is 1. The Kier molecular flexibility index (Phi) is 3.46. The number of aryl methyl sites for hydroxylation is 1. The van der Waals surface area contributed by atoms with E-state index in [1.807, 2.05) is 6.92 Å². The third-order valence-electron chi connectivity index (χ3n) is 2.80. The number of hydrogen-bond acceptors (Lipinski definition) is 5. The third-order valence-corrected chi connectivity index (χ3v) is 2.80. The van der Waals surface area contributed by atoms with Gasteiger partial charge in [-0.15, -0.1) is 0 Å². The lowest BCUT2D eigenvalue weighted by atomic mass is 10.2. The van der Waals surface area contributed by atoms with E-state index in [1.165, 1.54) is 12.1 Å². The predicted octanol–water partition coefficient (Wildman–Crippen LogP) is 1.23. The molecule has 1 aromatic carbocycles. The predicted molar refractivity (Wildman–Crippen MR) is 71.4 cm³/mol. The minimum atomic E-state index is -0.498. The number of benzene rings is 1. The smallest absolute Gasteiger partial charge is 0.290 e. The number of anilines is 1. The maximum atomic E-state index is 11.9. The van der Waals surface area contributed by atoms with Gasteiger partial charge in [0.2, 0.25) is 0 Å². The number of non-ortho nitro benzene ring substituents is 1. The second-order valence-corrected chi connectivity index (χ2v) is 4.45. The van der Waals surface area contributed by atoms with Crippen LogP contribution in [0.3, 0.4) is 0 Å². The second kappa shape index (κ2) is 5.05. The molecule has 7 heteroatoms. The normalized spacial score (nSPS) is 17.6. The summed E-state index contributed by atoms with van der Waals surface area (Å²) in [6.07, 6.45) is 0. The first-order chi connectivity index (χ1) is 8.97. The van der Waals surface area contributed by atoms with Crippen molar-refractivity contribution < 1.29 is 9.72 Å². The van der Waals surface area contributed by atoms with Crippen LogP contribution in [0.25, 0.3) is 0 Å². The van der Waals surface area contributed by atoms with Crippen molar-refractivity contribution >= 4 is 23.1 Å². The number of aliphatic imine (C=N–C) groups is 1. The Hall–Kier alpha value is -2.44. The van der Waals surface area contributed by atoms with Crippen molar-refractivity contribution in [2.24, 2.45) is 4.99 Å². The third kappa shape index (κ3) is 2.87. The number of nitro groups is 1. The maximum Gasteiger partial charge on any atom is 0.290 e. The average molecular weight is 262 g/mol.